The van der Waals surface area contributed by atoms with E-state index in [1.54, 1.807) is 24.3 Å². The van der Waals surface area contributed by atoms with Gasteiger partial charge in [0.25, 0.3) is 0 Å². The fraction of sp³-hybridized carbons (Fsp3) is 0. The third kappa shape index (κ3) is 7.28. The van der Waals surface area contributed by atoms with Crippen molar-refractivity contribution in [2.24, 2.45) is 0 Å². The lowest BCUT2D eigenvalue weighted by Gasteiger charge is -2.07. The number of benzene rings is 6. The van der Waals surface area contributed by atoms with Crippen LogP contribution in [0.25, 0.3) is 113 Å². The second-order valence-corrected chi connectivity index (χ2v) is 16.9. The van der Waals surface area contributed by atoms with Crippen molar-refractivity contribution in [3.05, 3.63) is 215 Å². The summed E-state index contributed by atoms with van der Waals surface area (Å²) in [5, 5.41) is 9.51. The van der Waals surface area contributed by atoms with Crippen molar-refractivity contribution in [3.63, 3.8) is 0 Å². The number of hydrogen-bond donors (Lipinski definition) is 3. The van der Waals surface area contributed by atoms with Gasteiger partial charge in [-0.05, 0) is 88.5 Å². The Bertz CT molecular complexity index is 3920. The molecular formula is C59H36N6O2S. The van der Waals surface area contributed by atoms with E-state index in [0.29, 0.717) is 16.6 Å². The summed E-state index contributed by atoms with van der Waals surface area (Å²) < 4.78 is 9.41. The van der Waals surface area contributed by atoms with E-state index in [4.69, 9.17) is 14.3 Å². The fourth-order valence-electron chi connectivity index (χ4n) is 9.14. The van der Waals surface area contributed by atoms with E-state index >= 15 is 0 Å². The molecule has 2 aliphatic heterocycles. The quantitative estimate of drug-likeness (QED) is 0.143. The Morgan fingerprint density at radius 1 is 0.441 bits per heavy atom. The van der Waals surface area contributed by atoms with Crippen LogP contribution in [0.3, 0.4) is 0 Å². The maximum absolute atomic E-state index is 11.6. The molecule has 68 heavy (non-hydrogen) atoms. The molecule has 6 heterocycles. The number of carbonyl (C=O) groups is 1. The molecule has 4 aromatic heterocycles. The lowest BCUT2D eigenvalue weighted by molar-refractivity contribution is 0.0697. The lowest BCUT2D eigenvalue weighted by atomic mass is 10.00. The summed E-state index contributed by atoms with van der Waals surface area (Å²) in [6.45, 7) is 0. The summed E-state index contributed by atoms with van der Waals surface area (Å²) in [4.78, 5) is 30.3. The van der Waals surface area contributed by atoms with E-state index in [1.165, 1.54) is 0 Å². The van der Waals surface area contributed by atoms with E-state index < -0.39 is 5.97 Å². The minimum atomic E-state index is -0.975. The number of aromatic nitrogens is 6. The average molecular weight is 893 g/mol. The second-order valence-electron chi connectivity index (χ2n) is 16.4. The molecule has 0 aliphatic carbocycles. The van der Waals surface area contributed by atoms with Gasteiger partial charge >= 0.3 is 5.97 Å². The van der Waals surface area contributed by atoms with Gasteiger partial charge in [0.1, 0.15) is 11.0 Å². The van der Waals surface area contributed by atoms with Crippen LogP contribution in [0, 0.1) is 11.8 Å². The van der Waals surface area contributed by atoms with Crippen molar-refractivity contribution in [1.29, 1.82) is 0 Å². The summed E-state index contributed by atoms with van der Waals surface area (Å²) >= 11 is 1.12. The van der Waals surface area contributed by atoms with Gasteiger partial charge < -0.3 is 15.1 Å². The van der Waals surface area contributed by atoms with E-state index in [2.05, 4.69) is 141 Å². The number of nitrogens with zero attached hydrogens (tertiary/aromatic N) is 4. The molecular weight excluding hydrogens is 857 g/mol. The number of hydrogen-bond acceptors (Lipinski definition) is 6. The van der Waals surface area contributed by atoms with Gasteiger partial charge in [0.15, 0.2) is 0 Å². The zero-order chi connectivity index (χ0) is 45.6. The molecule has 12 rings (SSSR count). The lowest BCUT2D eigenvalue weighted by Crippen LogP contribution is -1.95. The first kappa shape index (κ1) is 40.3. The van der Waals surface area contributed by atoms with E-state index in [-0.39, 0.29) is 5.56 Å². The Morgan fingerprint density at radius 2 is 0.897 bits per heavy atom. The molecule has 0 spiro atoms. The van der Waals surface area contributed by atoms with Crippen molar-refractivity contribution in [1.82, 2.24) is 28.7 Å². The Labute approximate surface area is 394 Å². The molecule has 0 amide bonds. The summed E-state index contributed by atoms with van der Waals surface area (Å²) in [7, 11) is 0. The third-order valence-corrected chi connectivity index (χ3v) is 12.8. The van der Waals surface area contributed by atoms with Gasteiger partial charge in [0, 0.05) is 44.4 Å². The Hall–Kier alpha value is -9.23. The maximum Gasteiger partial charge on any atom is 0.335 e. The molecule has 3 N–H and O–H groups in total. The van der Waals surface area contributed by atoms with E-state index in [9.17, 15) is 9.90 Å². The molecule has 8 nitrogen and oxygen atoms in total. The molecule has 0 fully saturated rings. The molecule has 0 atom stereocenters. The smallest absolute Gasteiger partial charge is 0.335 e. The van der Waals surface area contributed by atoms with Gasteiger partial charge in [0.05, 0.1) is 56.7 Å². The molecule has 9 heteroatoms. The molecule has 0 unspecified atom stereocenters. The number of H-pyrrole nitrogens is 2. The molecule has 10 aromatic rings. The van der Waals surface area contributed by atoms with E-state index in [0.717, 1.165) is 118 Å². The highest BCUT2D eigenvalue weighted by atomic mass is 32.1. The van der Waals surface area contributed by atoms with Crippen molar-refractivity contribution in [2.75, 3.05) is 0 Å². The third-order valence-electron chi connectivity index (χ3n) is 12.3. The second kappa shape index (κ2) is 17.0. The van der Waals surface area contributed by atoms with Crippen molar-refractivity contribution in [3.8, 4) is 67.5 Å². The van der Waals surface area contributed by atoms with Crippen LogP contribution in [-0.2, 0) is 0 Å². The highest BCUT2D eigenvalue weighted by Gasteiger charge is 2.21. The highest BCUT2D eigenvalue weighted by molar-refractivity contribution is 7.00. The maximum atomic E-state index is 11.6. The zero-order valence-corrected chi connectivity index (χ0v) is 36.9. The summed E-state index contributed by atoms with van der Waals surface area (Å²) in [6.07, 6.45) is 8.41. The predicted octanol–water partition coefficient (Wildman–Crippen LogP) is 14.1. The number of fused-ring (bicyclic) bond motifs is 9. The Balaban J connectivity index is 1.19. The van der Waals surface area contributed by atoms with Crippen LogP contribution in [0.1, 0.15) is 44.3 Å². The van der Waals surface area contributed by atoms with Gasteiger partial charge in [-0.15, -0.1) is 0 Å². The summed E-state index contributed by atoms with van der Waals surface area (Å²) in [5.74, 6) is 6.14. The normalized spacial score (nSPS) is 11.7. The van der Waals surface area contributed by atoms with Crippen LogP contribution in [-0.4, -0.2) is 39.8 Å². The van der Waals surface area contributed by atoms with E-state index in [1.807, 2.05) is 60.7 Å². The Morgan fingerprint density at radius 3 is 1.41 bits per heavy atom. The molecule has 0 saturated carbocycles. The number of carboxylic acids is 1. The molecule has 8 bridgehead atoms. The molecule has 6 aromatic carbocycles. The van der Waals surface area contributed by atoms with Crippen LogP contribution < -0.4 is 0 Å². The molecule has 0 radical (unpaired) electrons. The van der Waals surface area contributed by atoms with Crippen molar-refractivity contribution >= 4 is 75.1 Å². The first-order chi connectivity index (χ1) is 33.5. The number of carboxylic acid groups (broad SMARTS) is 1. The largest absolute Gasteiger partial charge is 0.478 e. The first-order valence-electron chi connectivity index (χ1n) is 22.1. The number of aromatic carboxylic acids is 1. The number of rotatable bonds is 6. The summed E-state index contributed by atoms with van der Waals surface area (Å²) in [6, 6.07) is 58.6. The predicted molar refractivity (Wildman–Crippen MR) is 276 cm³/mol. The van der Waals surface area contributed by atoms with Crippen LogP contribution in [0.2, 0.25) is 0 Å². The monoisotopic (exact) mass is 892 g/mol. The van der Waals surface area contributed by atoms with Crippen LogP contribution in [0.4, 0.5) is 0 Å². The van der Waals surface area contributed by atoms with Gasteiger partial charge in [-0.25, -0.2) is 14.8 Å². The zero-order valence-electron chi connectivity index (χ0n) is 36.1. The van der Waals surface area contributed by atoms with Gasteiger partial charge in [0.2, 0.25) is 0 Å². The van der Waals surface area contributed by atoms with Crippen molar-refractivity contribution < 1.29 is 9.90 Å². The standard InChI is InChI=1S/C59H36N6O2S/c66-59(67)42-24-21-36(22-25-42)44-28-27-41(57-58(44)65-68-64-57)23-26-43-35-51-54(39-17-9-3-10-18-39)49-32-31-47(61-49)52(37-13-5-1-6-14-37)45-29-30-46(60-45)53(38-15-7-2-8-16-38)48-33-34-50(62-48)55(56(43)63-51)40-19-11-4-12-20-40/h1-22,24-25,27-35,60,63H,(H,66,67). The number of aromatic amines is 2. The SMILES string of the molecule is O=C(O)c1ccc(-c2ccc(C#Cc3cc4[nH]c3c(-c3ccccc3)c3nc(c(-c5ccccc5)c5ccc([nH]5)c(-c5ccccc5)c5nc(c4-c4ccccc4)C=C5)C=C3)c3nsnc23)cc1. The Kier molecular flexibility index (Phi) is 10.1. The van der Waals surface area contributed by atoms with Crippen LogP contribution in [0.15, 0.2) is 176 Å². The fourth-order valence-corrected chi connectivity index (χ4v) is 9.72. The summed E-state index contributed by atoms with van der Waals surface area (Å²) in [5.41, 5.74) is 19.3. The minimum absolute atomic E-state index is 0.218. The van der Waals surface area contributed by atoms with Crippen LogP contribution >= 0.6 is 11.7 Å². The highest BCUT2D eigenvalue weighted by Crippen LogP contribution is 2.39. The molecule has 0 saturated heterocycles. The molecule has 320 valence electrons. The first-order valence-corrected chi connectivity index (χ1v) is 22.8. The molecule has 2 aliphatic rings. The average Bonchev–Trinajstić information content (AvgIpc) is 4.26. The minimum Gasteiger partial charge on any atom is -0.478 e. The van der Waals surface area contributed by atoms with Gasteiger partial charge in [-0.3, -0.25) is 0 Å². The number of nitrogens with one attached hydrogen (secondary N) is 2. The van der Waals surface area contributed by atoms with Crippen molar-refractivity contribution in [2.45, 2.75) is 0 Å². The topological polar surface area (TPSA) is 120 Å². The van der Waals surface area contributed by atoms with Gasteiger partial charge in [-0.2, -0.15) is 8.75 Å². The van der Waals surface area contributed by atoms with Gasteiger partial charge in [-0.1, -0.05) is 151 Å². The van der Waals surface area contributed by atoms with Crippen LogP contribution in [0.5, 0.6) is 0 Å².